The van der Waals surface area contributed by atoms with Gasteiger partial charge in [0.1, 0.15) is 12.2 Å². The van der Waals surface area contributed by atoms with Gasteiger partial charge in [0.25, 0.3) is 0 Å². The monoisotopic (exact) mass is 356 g/mol. The van der Waals surface area contributed by atoms with E-state index in [1.54, 1.807) is 0 Å². The molecular weight excluding hydrogens is 331 g/mol. The molecule has 0 aliphatic rings. The second-order valence-electron chi connectivity index (χ2n) is 6.90. The van der Waals surface area contributed by atoms with E-state index in [2.05, 4.69) is 38.3 Å². The maximum atomic E-state index is 12.9. The summed E-state index contributed by atoms with van der Waals surface area (Å²) in [5.41, 5.74) is 3.33. The van der Waals surface area contributed by atoms with Gasteiger partial charge in [0.2, 0.25) is 11.8 Å². The third-order valence-corrected chi connectivity index (χ3v) is 4.09. The first kappa shape index (κ1) is 19.6. The molecule has 138 valence electrons. The molecule has 0 aromatic heterocycles. The number of nitrogens with one attached hydrogen (secondary N) is 2. The highest BCUT2D eigenvalue weighted by molar-refractivity contribution is 6.08. The van der Waals surface area contributed by atoms with Crippen molar-refractivity contribution >= 4 is 23.2 Å². The molecule has 0 spiro atoms. The molecule has 0 aliphatic carbocycles. The van der Waals surface area contributed by atoms with Crippen molar-refractivity contribution in [2.75, 3.05) is 10.6 Å². The zero-order valence-corrected chi connectivity index (χ0v) is 15.6. The highest BCUT2D eigenvalue weighted by Gasteiger charge is 2.17. The van der Waals surface area contributed by atoms with Crippen molar-refractivity contribution in [1.29, 1.82) is 0 Å². The molecule has 2 amide bonds. The smallest absolute Gasteiger partial charge is 0.233 e. The number of halogens is 1. The second-order valence-corrected chi connectivity index (χ2v) is 6.90. The number of amides is 2. The molecule has 2 aromatic carbocycles. The zero-order chi connectivity index (χ0) is 19.3. The molecule has 2 aromatic rings. The molecule has 0 aliphatic heterocycles. The molecule has 0 radical (unpaired) electrons. The molecule has 0 unspecified atom stereocenters. The van der Waals surface area contributed by atoms with E-state index in [1.807, 2.05) is 18.2 Å². The SMILES string of the molecule is CC(C)c1cccc(C(C)C)c1NC(=O)CC(=O)Nc1ccc(F)cc1. The third-order valence-electron chi connectivity index (χ3n) is 4.09. The van der Waals surface area contributed by atoms with Gasteiger partial charge in [-0.15, -0.1) is 0 Å². The fourth-order valence-electron chi connectivity index (χ4n) is 2.76. The minimum atomic E-state index is -0.442. The number of rotatable bonds is 6. The molecule has 0 heterocycles. The largest absolute Gasteiger partial charge is 0.326 e. The number of para-hydroxylation sites is 1. The summed E-state index contributed by atoms with van der Waals surface area (Å²) in [5.74, 6) is -0.705. The summed E-state index contributed by atoms with van der Waals surface area (Å²) in [7, 11) is 0. The summed E-state index contributed by atoms with van der Waals surface area (Å²) < 4.78 is 12.9. The normalized spacial score (nSPS) is 10.9. The first-order valence-electron chi connectivity index (χ1n) is 8.76. The summed E-state index contributed by atoms with van der Waals surface area (Å²) in [5, 5.41) is 5.50. The summed E-state index contributed by atoms with van der Waals surface area (Å²) in [6, 6.07) is 11.4. The maximum Gasteiger partial charge on any atom is 0.233 e. The quantitative estimate of drug-likeness (QED) is 0.712. The van der Waals surface area contributed by atoms with E-state index in [0.717, 1.165) is 16.8 Å². The Kier molecular flexibility index (Phi) is 6.50. The van der Waals surface area contributed by atoms with Crippen LogP contribution >= 0.6 is 0 Å². The van der Waals surface area contributed by atoms with Crippen LogP contribution in [0.3, 0.4) is 0 Å². The summed E-state index contributed by atoms with van der Waals surface area (Å²) in [4.78, 5) is 24.5. The fourth-order valence-corrected chi connectivity index (χ4v) is 2.76. The van der Waals surface area contributed by atoms with Crippen LogP contribution in [0.2, 0.25) is 0 Å². The summed E-state index contributed by atoms with van der Waals surface area (Å²) >= 11 is 0. The lowest BCUT2D eigenvalue weighted by Gasteiger charge is -2.20. The molecule has 2 N–H and O–H groups in total. The van der Waals surface area contributed by atoms with Crippen LogP contribution in [-0.4, -0.2) is 11.8 Å². The Balaban J connectivity index is 2.09. The lowest BCUT2D eigenvalue weighted by atomic mass is 9.92. The van der Waals surface area contributed by atoms with Crippen molar-refractivity contribution in [3.8, 4) is 0 Å². The van der Waals surface area contributed by atoms with Gasteiger partial charge in [-0.3, -0.25) is 9.59 Å². The predicted octanol–water partition coefficient (Wildman–Crippen LogP) is 5.04. The molecule has 0 fully saturated rings. The standard InChI is InChI=1S/C21H25FN2O2/c1-13(2)17-6-5-7-18(14(3)4)21(17)24-20(26)12-19(25)23-16-10-8-15(22)9-11-16/h5-11,13-14H,12H2,1-4H3,(H,23,25)(H,24,26). The minimum absolute atomic E-state index is 0.247. The first-order valence-corrected chi connectivity index (χ1v) is 8.76. The molecule has 4 nitrogen and oxygen atoms in total. The molecule has 2 rings (SSSR count). The number of carbonyl (C=O) groups is 2. The third kappa shape index (κ3) is 5.15. The van der Waals surface area contributed by atoms with E-state index in [9.17, 15) is 14.0 Å². The first-order chi connectivity index (χ1) is 12.3. The van der Waals surface area contributed by atoms with Gasteiger partial charge in [0.15, 0.2) is 0 Å². The van der Waals surface area contributed by atoms with E-state index >= 15 is 0 Å². The van der Waals surface area contributed by atoms with Crippen LogP contribution in [0.5, 0.6) is 0 Å². The average Bonchev–Trinajstić information content (AvgIpc) is 2.56. The molecule has 0 saturated heterocycles. The Morgan fingerprint density at radius 3 is 1.85 bits per heavy atom. The molecule has 0 saturated carbocycles. The van der Waals surface area contributed by atoms with Gasteiger partial charge >= 0.3 is 0 Å². The van der Waals surface area contributed by atoms with Gasteiger partial charge in [-0.25, -0.2) is 4.39 Å². The second kappa shape index (κ2) is 8.61. The highest BCUT2D eigenvalue weighted by atomic mass is 19.1. The molecule has 0 bridgehead atoms. The average molecular weight is 356 g/mol. The fraction of sp³-hybridized carbons (Fsp3) is 0.333. The van der Waals surface area contributed by atoms with Crippen LogP contribution in [0, 0.1) is 5.82 Å². The number of anilines is 2. The van der Waals surface area contributed by atoms with E-state index in [0.29, 0.717) is 5.69 Å². The zero-order valence-electron chi connectivity index (χ0n) is 15.6. The van der Waals surface area contributed by atoms with Crippen molar-refractivity contribution in [1.82, 2.24) is 0 Å². The van der Waals surface area contributed by atoms with Crippen LogP contribution in [-0.2, 0) is 9.59 Å². The van der Waals surface area contributed by atoms with E-state index < -0.39 is 5.91 Å². The number of benzene rings is 2. The molecular formula is C21H25FN2O2. The topological polar surface area (TPSA) is 58.2 Å². The van der Waals surface area contributed by atoms with Crippen LogP contribution in [0.25, 0.3) is 0 Å². The number of hydrogen-bond donors (Lipinski definition) is 2. The van der Waals surface area contributed by atoms with Gasteiger partial charge in [-0.1, -0.05) is 45.9 Å². The van der Waals surface area contributed by atoms with E-state index in [4.69, 9.17) is 0 Å². The van der Waals surface area contributed by atoms with Crippen LogP contribution < -0.4 is 10.6 Å². The summed E-state index contributed by atoms with van der Waals surface area (Å²) in [6.45, 7) is 8.26. The molecule has 26 heavy (non-hydrogen) atoms. The Bertz CT molecular complexity index is 757. The minimum Gasteiger partial charge on any atom is -0.326 e. The Morgan fingerprint density at radius 1 is 0.846 bits per heavy atom. The number of hydrogen-bond acceptors (Lipinski definition) is 2. The van der Waals surface area contributed by atoms with E-state index in [1.165, 1.54) is 24.3 Å². The van der Waals surface area contributed by atoms with Gasteiger partial charge < -0.3 is 10.6 Å². The van der Waals surface area contributed by atoms with Gasteiger partial charge in [-0.05, 0) is 47.2 Å². The number of carbonyl (C=O) groups excluding carboxylic acids is 2. The highest BCUT2D eigenvalue weighted by Crippen LogP contribution is 2.32. The Morgan fingerprint density at radius 2 is 1.35 bits per heavy atom. The van der Waals surface area contributed by atoms with Crippen molar-refractivity contribution < 1.29 is 14.0 Å². The van der Waals surface area contributed by atoms with Crippen molar-refractivity contribution in [2.24, 2.45) is 0 Å². The van der Waals surface area contributed by atoms with Crippen molar-refractivity contribution in [2.45, 2.75) is 46.0 Å². The van der Waals surface area contributed by atoms with E-state index in [-0.39, 0.29) is 30.0 Å². The van der Waals surface area contributed by atoms with Gasteiger partial charge in [-0.2, -0.15) is 0 Å². The Labute approximate surface area is 153 Å². The van der Waals surface area contributed by atoms with Crippen LogP contribution in [0.1, 0.15) is 57.1 Å². The molecule has 5 heteroatoms. The lowest BCUT2D eigenvalue weighted by Crippen LogP contribution is -2.22. The Hall–Kier alpha value is -2.69. The maximum absolute atomic E-state index is 12.9. The summed E-state index contributed by atoms with van der Waals surface area (Å²) in [6.07, 6.45) is -0.304. The predicted molar refractivity (Wildman–Crippen MR) is 103 cm³/mol. The van der Waals surface area contributed by atoms with Crippen molar-refractivity contribution in [3.05, 3.63) is 59.4 Å². The van der Waals surface area contributed by atoms with Crippen LogP contribution in [0.4, 0.5) is 15.8 Å². The lowest BCUT2D eigenvalue weighted by molar-refractivity contribution is -0.123. The van der Waals surface area contributed by atoms with Crippen LogP contribution in [0.15, 0.2) is 42.5 Å². The molecule has 0 atom stereocenters. The van der Waals surface area contributed by atoms with Gasteiger partial charge in [0, 0.05) is 11.4 Å². The van der Waals surface area contributed by atoms with Crippen molar-refractivity contribution in [3.63, 3.8) is 0 Å². The van der Waals surface area contributed by atoms with Gasteiger partial charge in [0.05, 0.1) is 0 Å².